The van der Waals surface area contributed by atoms with Gasteiger partial charge in [-0.05, 0) is 25.5 Å². The first-order valence-corrected chi connectivity index (χ1v) is 5.61. The molecule has 0 saturated carbocycles. The van der Waals surface area contributed by atoms with Crippen LogP contribution in [0.25, 0.3) is 0 Å². The quantitative estimate of drug-likeness (QED) is 0.861. The molecule has 0 saturated heterocycles. The number of hydrogen-bond acceptors (Lipinski definition) is 3. The first kappa shape index (κ1) is 13.5. The second kappa shape index (κ2) is 5.68. The molecular weight excluding hydrogens is 216 g/mol. The first-order valence-electron chi connectivity index (χ1n) is 5.61. The summed E-state index contributed by atoms with van der Waals surface area (Å²) in [7, 11) is 3.41. The SMILES string of the molecule is Cc1ccc(C(C)N)c(OCC(=O)N(C)C)c1. The van der Waals surface area contributed by atoms with Crippen LogP contribution in [0.4, 0.5) is 0 Å². The number of ether oxygens (including phenoxy) is 1. The molecule has 1 atom stereocenters. The number of rotatable bonds is 4. The Balaban J connectivity index is 2.82. The molecule has 0 bridgehead atoms. The van der Waals surface area contributed by atoms with Crippen molar-refractivity contribution in [1.82, 2.24) is 4.90 Å². The summed E-state index contributed by atoms with van der Waals surface area (Å²) in [6, 6.07) is 5.72. The van der Waals surface area contributed by atoms with Gasteiger partial charge in [0.1, 0.15) is 5.75 Å². The van der Waals surface area contributed by atoms with Gasteiger partial charge in [0.05, 0.1) is 0 Å². The van der Waals surface area contributed by atoms with Crippen LogP contribution in [0.1, 0.15) is 24.1 Å². The molecule has 4 nitrogen and oxygen atoms in total. The lowest BCUT2D eigenvalue weighted by atomic mass is 10.1. The van der Waals surface area contributed by atoms with Gasteiger partial charge in [0.2, 0.25) is 0 Å². The summed E-state index contributed by atoms with van der Waals surface area (Å²) in [4.78, 5) is 13.0. The third kappa shape index (κ3) is 3.75. The third-order valence-electron chi connectivity index (χ3n) is 2.51. The number of carbonyl (C=O) groups is 1. The second-order valence-corrected chi connectivity index (χ2v) is 4.41. The summed E-state index contributed by atoms with van der Waals surface area (Å²) in [5.74, 6) is 0.623. The molecule has 0 spiro atoms. The molecule has 0 heterocycles. The molecule has 0 aliphatic heterocycles. The van der Waals surface area contributed by atoms with Crippen LogP contribution >= 0.6 is 0 Å². The Morgan fingerprint density at radius 3 is 2.65 bits per heavy atom. The van der Waals surface area contributed by atoms with Gasteiger partial charge in [0.15, 0.2) is 6.61 Å². The monoisotopic (exact) mass is 236 g/mol. The number of amides is 1. The molecule has 1 unspecified atom stereocenters. The topological polar surface area (TPSA) is 55.6 Å². The zero-order chi connectivity index (χ0) is 13.0. The first-order chi connectivity index (χ1) is 7.91. The Bertz CT molecular complexity index is 400. The number of hydrogen-bond donors (Lipinski definition) is 1. The van der Waals surface area contributed by atoms with Gasteiger partial charge in [-0.25, -0.2) is 0 Å². The van der Waals surface area contributed by atoms with Crippen molar-refractivity contribution >= 4 is 5.91 Å². The Kier molecular flexibility index (Phi) is 4.52. The molecular formula is C13H20N2O2. The van der Waals surface area contributed by atoms with Crippen molar-refractivity contribution in [2.24, 2.45) is 5.73 Å². The van der Waals surface area contributed by atoms with Gasteiger partial charge in [-0.3, -0.25) is 4.79 Å². The van der Waals surface area contributed by atoms with Crippen molar-refractivity contribution in [3.05, 3.63) is 29.3 Å². The Morgan fingerprint density at radius 1 is 1.47 bits per heavy atom. The van der Waals surface area contributed by atoms with E-state index in [4.69, 9.17) is 10.5 Å². The molecule has 4 heteroatoms. The van der Waals surface area contributed by atoms with Gasteiger partial charge >= 0.3 is 0 Å². The maximum Gasteiger partial charge on any atom is 0.259 e. The smallest absolute Gasteiger partial charge is 0.259 e. The molecule has 1 rings (SSSR count). The van der Waals surface area contributed by atoms with E-state index in [2.05, 4.69) is 0 Å². The van der Waals surface area contributed by atoms with Crippen LogP contribution in [0.2, 0.25) is 0 Å². The number of aryl methyl sites for hydroxylation is 1. The Morgan fingerprint density at radius 2 is 2.12 bits per heavy atom. The second-order valence-electron chi connectivity index (χ2n) is 4.41. The largest absolute Gasteiger partial charge is 0.483 e. The van der Waals surface area contributed by atoms with E-state index in [1.54, 1.807) is 14.1 Å². The van der Waals surface area contributed by atoms with Crippen LogP contribution in [0, 0.1) is 6.92 Å². The Hall–Kier alpha value is -1.55. The average Bonchev–Trinajstić information content (AvgIpc) is 2.25. The van der Waals surface area contributed by atoms with Gasteiger partial charge < -0.3 is 15.4 Å². The summed E-state index contributed by atoms with van der Waals surface area (Å²) in [5, 5.41) is 0. The van der Waals surface area contributed by atoms with E-state index in [0.29, 0.717) is 5.75 Å². The van der Waals surface area contributed by atoms with Crippen LogP contribution in [-0.4, -0.2) is 31.5 Å². The van der Waals surface area contributed by atoms with Gasteiger partial charge in [-0.2, -0.15) is 0 Å². The molecule has 1 amide bonds. The molecule has 0 fully saturated rings. The molecule has 0 aliphatic carbocycles. The van der Waals surface area contributed by atoms with Crippen LogP contribution in [-0.2, 0) is 4.79 Å². The molecule has 0 radical (unpaired) electrons. The molecule has 0 aliphatic rings. The van der Waals surface area contributed by atoms with E-state index in [0.717, 1.165) is 11.1 Å². The highest BCUT2D eigenvalue weighted by molar-refractivity contribution is 5.77. The van der Waals surface area contributed by atoms with E-state index in [-0.39, 0.29) is 18.6 Å². The van der Waals surface area contributed by atoms with Crippen LogP contribution in [0.5, 0.6) is 5.75 Å². The summed E-state index contributed by atoms with van der Waals surface area (Å²) in [5.41, 5.74) is 7.86. The van der Waals surface area contributed by atoms with Gasteiger partial charge in [-0.1, -0.05) is 12.1 Å². The van der Waals surface area contributed by atoms with E-state index in [1.807, 2.05) is 32.0 Å². The lowest BCUT2D eigenvalue weighted by Crippen LogP contribution is -2.27. The highest BCUT2D eigenvalue weighted by atomic mass is 16.5. The normalized spacial score (nSPS) is 12.1. The summed E-state index contributed by atoms with van der Waals surface area (Å²) in [6.07, 6.45) is 0. The average molecular weight is 236 g/mol. The molecule has 94 valence electrons. The van der Waals surface area contributed by atoms with Crippen molar-refractivity contribution in [2.45, 2.75) is 19.9 Å². The predicted octanol–water partition coefficient (Wildman–Crippen LogP) is 1.48. The van der Waals surface area contributed by atoms with E-state index < -0.39 is 0 Å². The van der Waals surface area contributed by atoms with Crippen LogP contribution in [0.3, 0.4) is 0 Å². The predicted molar refractivity (Wildman–Crippen MR) is 68.0 cm³/mol. The summed E-state index contributed by atoms with van der Waals surface area (Å²) < 4.78 is 5.53. The molecule has 1 aromatic carbocycles. The van der Waals surface area contributed by atoms with Gasteiger partial charge in [-0.15, -0.1) is 0 Å². The number of likely N-dealkylation sites (N-methyl/N-ethyl adjacent to an activating group) is 1. The maximum absolute atomic E-state index is 11.5. The fraction of sp³-hybridized carbons (Fsp3) is 0.462. The minimum atomic E-state index is -0.111. The van der Waals surface area contributed by atoms with E-state index >= 15 is 0 Å². The fourth-order valence-electron chi connectivity index (χ4n) is 1.41. The van der Waals surface area contributed by atoms with E-state index in [1.165, 1.54) is 4.90 Å². The fourth-order valence-corrected chi connectivity index (χ4v) is 1.41. The van der Waals surface area contributed by atoms with Crippen LogP contribution < -0.4 is 10.5 Å². The van der Waals surface area contributed by atoms with Crippen molar-refractivity contribution in [3.63, 3.8) is 0 Å². The van der Waals surface area contributed by atoms with Crippen LogP contribution in [0.15, 0.2) is 18.2 Å². The Labute approximate surface area is 102 Å². The van der Waals surface area contributed by atoms with Gasteiger partial charge in [0.25, 0.3) is 5.91 Å². The minimum Gasteiger partial charge on any atom is -0.483 e. The number of benzene rings is 1. The highest BCUT2D eigenvalue weighted by Crippen LogP contribution is 2.25. The zero-order valence-corrected chi connectivity index (χ0v) is 10.9. The van der Waals surface area contributed by atoms with Gasteiger partial charge in [0, 0.05) is 25.7 Å². The minimum absolute atomic E-state index is 0.0379. The molecule has 1 aromatic rings. The molecule has 0 aromatic heterocycles. The molecule has 17 heavy (non-hydrogen) atoms. The van der Waals surface area contributed by atoms with Crippen molar-refractivity contribution in [1.29, 1.82) is 0 Å². The summed E-state index contributed by atoms with van der Waals surface area (Å²) in [6.45, 7) is 3.91. The number of carbonyl (C=O) groups excluding carboxylic acids is 1. The lowest BCUT2D eigenvalue weighted by molar-refractivity contribution is -0.130. The number of nitrogens with two attached hydrogens (primary N) is 1. The van der Waals surface area contributed by atoms with Crippen molar-refractivity contribution < 1.29 is 9.53 Å². The maximum atomic E-state index is 11.5. The molecule has 2 N–H and O–H groups in total. The lowest BCUT2D eigenvalue weighted by Gasteiger charge is -2.16. The zero-order valence-electron chi connectivity index (χ0n) is 10.9. The van der Waals surface area contributed by atoms with E-state index in [9.17, 15) is 4.79 Å². The number of nitrogens with zero attached hydrogens (tertiary/aromatic N) is 1. The van der Waals surface area contributed by atoms with Crippen molar-refractivity contribution in [2.75, 3.05) is 20.7 Å². The van der Waals surface area contributed by atoms with Crippen molar-refractivity contribution in [3.8, 4) is 5.75 Å². The third-order valence-corrected chi connectivity index (χ3v) is 2.51. The highest BCUT2D eigenvalue weighted by Gasteiger charge is 2.11. The summed E-state index contributed by atoms with van der Waals surface area (Å²) >= 11 is 0. The standard InChI is InChI=1S/C13H20N2O2/c1-9-5-6-11(10(2)14)12(7-9)17-8-13(16)15(3)4/h5-7,10H,8,14H2,1-4H3.